The van der Waals surface area contributed by atoms with Gasteiger partial charge in [0.25, 0.3) is 0 Å². The molecule has 0 aliphatic rings. The van der Waals surface area contributed by atoms with E-state index in [2.05, 4.69) is 75.1 Å². The molecule has 4 aromatic carbocycles. The standard InChI is InChI=1S/C39H41F2N3O2S/c1-5-42(6-2)20-21-43(24-29-15-18-30(19-16-29)31-17-14-27(3)28(4)22-31)37(46)25-44-35-13-8-7-11-33(35)36(45)23-38(44)47-26-32-10-9-12-34(40)39(32)41/h7-19,22-23H,5-6,20-21,24-26H2,1-4H3. The maximum Gasteiger partial charge on any atom is 0.242 e. The SMILES string of the molecule is CCN(CC)CCN(Cc1ccc(-c2ccc(C)c(C)c2)cc1)C(=O)Cn1c(SCc2cccc(F)c2F)cc(=O)c2ccccc21. The van der Waals surface area contributed by atoms with Crippen LogP contribution in [0, 0.1) is 25.5 Å². The van der Waals surface area contributed by atoms with Crippen molar-refractivity contribution < 1.29 is 13.6 Å². The van der Waals surface area contributed by atoms with E-state index in [9.17, 15) is 18.4 Å². The lowest BCUT2D eigenvalue weighted by Crippen LogP contribution is -2.40. The van der Waals surface area contributed by atoms with E-state index in [1.807, 2.05) is 21.6 Å². The third kappa shape index (κ3) is 8.18. The first kappa shape index (κ1) is 34.1. The molecule has 0 atom stereocenters. The number of aryl methyl sites for hydroxylation is 2. The number of benzene rings is 4. The Morgan fingerprint density at radius 2 is 1.53 bits per heavy atom. The molecule has 0 saturated carbocycles. The number of rotatable bonds is 13. The fourth-order valence-corrected chi connectivity index (χ4v) is 6.71. The third-order valence-corrected chi connectivity index (χ3v) is 9.87. The van der Waals surface area contributed by atoms with Crippen molar-refractivity contribution in [3.8, 4) is 11.1 Å². The van der Waals surface area contributed by atoms with Crippen molar-refractivity contribution in [1.82, 2.24) is 14.4 Å². The van der Waals surface area contributed by atoms with Gasteiger partial charge < -0.3 is 14.4 Å². The molecule has 0 unspecified atom stereocenters. The van der Waals surface area contributed by atoms with Crippen LogP contribution in [-0.4, -0.2) is 46.5 Å². The Balaban J connectivity index is 1.44. The van der Waals surface area contributed by atoms with Gasteiger partial charge in [-0.05, 0) is 73.0 Å². The van der Waals surface area contributed by atoms with Crippen LogP contribution in [0.5, 0.6) is 0 Å². The number of carbonyl (C=O) groups excluding carboxylic acids is 1. The highest BCUT2D eigenvalue weighted by molar-refractivity contribution is 7.98. The number of thioether (sulfide) groups is 1. The van der Waals surface area contributed by atoms with Gasteiger partial charge in [0.2, 0.25) is 5.91 Å². The number of hydrogen-bond donors (Lipinski definition) is 0. The lowest BCUT2D eigenvalue weighted by molar-refractivity contribution is -0.132. The van der Waals surface area contributed by atoms with Crippen molar-refractivity contribution in [2.24, 2.45) is 0 Å². The zero-order valence-corrected chi connectivity index (χ0v) is 28.2. The number of nitrogens with zero attached hydrogens (tertiary/aromatic N) is 3. The molecule has 5 rings (SSSR count). The molecule has 47 heavy (non-hydrogen) atoms. The largest absolute Gasteiger partial charge is 0.336 e. The van der Waals surface area contributed by atoms with Crippen LogP contribution < -0.4 is 5.43 Å². The number of fused-ring (bicyclic) bond motifs is 1. The molecule has 1 aromatic heterocycles. The van der Waals surface area contributed by atoms with Gasteiger partial charge in [-0.25, -0.2) is 8.78 Å². The van der Waals surface area contributed by atoms with Crippen molar-refractivity contribution in [3.05, 3.63) is 135 Å². The van der Waals surface area contributed by atoms with Crippen LogP contribution in [0.15, 0.2) is 101 Å². The van der Waals surface area contributed by atoms with Gasteiger partial charge >= 0.3 is 0 Å². The van der Waals surface area contributed by atoms with E-state index in [1.165, 1.54) is 41.1 Å². The number of para-hydroxylation sites is 1. The van der Waals surface area contributed by atoms with Crippen molar-refractivity contribution >= 4 is 28.6 Å². The van der Waals surface area contributed by atoms with Gasteiger partial charge in [0, 0.05) is 42.4 Å². The summed E-state index contributed by atoms with van der Waals surface area (Å²) in [5.74, 6) is -1.81. The lowest BCUT2D eigenvalue weighted by Gasteiger charge is -2.28. The molecule has 0 N–H and O–H groups in total. The van der Waals surface area contributed by atoms with Crippen LogP contribution in [0.3, 0.4) is 0 Å². The molecular weight excluding hydrogens is 613 g/mol. The summed E-state index contributed by atoms with van der Waals surface area (Å²) >= 11 is 1.21. The second-order valence-electron chi connectivity index (χ2n) is 11.8. The number of likely N-dealkylation sites (N-methyl/N-ethyl adjacent to an activating group) is 1. The molecular formula is C39H41F2N3O2S. The Bertz CT molecular complexity index is 1920. The van der Waals surface area contributed by atoms with Crippen LogP contribution in [0.1, 0.15) is 36.1 Å². The average Bonchev–Trinajstić information content (AvgIpc) is 3.08. The van der Waals surface area contributed by atoms with Crippen LogP contribution in [-0.2, 0) is 23.6 Å². The summed E-state index contributed by atoms with van der Waals surface area (Å²) in [6.45, 7) is 11.9. The number of aromatic nitrogens is 1. The van der Waals surface area contributed by atoms with Gasteiger partial charge in [-0.2, -0.15) is 0 Å². The second-order valence-corrected chi connectivity index (χ2v) is 12.8. The van der Waals surface area contributed by atoms with Gasteiger partial charge in [-0.3, -0.25) is 9.59 Å². The van der Waals surface area contributed by atoms with Crippen LogP contribution >= 0.6 is 11.8 Å². The molecule has 0 radical (unpaired) electrons. The first-order valence-corrected chi connectivity index (χ1v) is 17.0. The highest BCUT2D eigenvalue weighted by atomic mass is 32.2. The van der Waals surface area contributed by atoms with E-state index in [1.54, 1.807) is 12.1 Å². The summed E-state index contributed by atoms with van der Waals surface area (Å²) in [4.78, 5) is 31.5. The van der Waals surface area contributed by atoms with Crippen molar-refractivity contribution in [3.63, 3.8) is 0 Å². The number of amides is 1. The van der Waals surface area contributed by atoms with Crippen LogP contribution in [0.2, 0.25) is 0 Å². The smallest absolute Gasteiger partial charge is 0.242 e. The monoisotopic (exact) mass is 653 g/mol. The zero-order chi connectivity index (χ0) is 33.5. The van der Waals surface area contributed by atoms with Gasteiger partial charge in [0.1, 0.15) is 6.54 Å². The Hall–Kier alpha value is -4.27. The molecule has 244 valence electrons. The van der Waals surface area contributed by atoms with E-state index in [-0.39, 0.29) is 29.2 Å². The van der Waals surface area contributed by atoms with Crippen molar-refractivity contribution in [2.45, 2.75) is 51.6 Å². The summed E-state index contributed by atoms with van der Waals surface area (Å²) in [7, 11) is 0. The number of halogens is 2. The first-order chi connectivity index (χ1) is 22.7. The molecule has 0 aliphatic heterocycles. The van der Waals surface area contributed by atoms with Crippen LogP contribution in [0.25, 0.3) is 22.0 Å². The molecule has 1 heterocycles. The fourth-order valence-electron chi connectivity index (χ4n) is 5.67. The second kappa shape index (κ2) is 15.5. The summed E-state index contributed by atoms with van der Waals surface area (Å²) in [5, 5.41) is 1.02. The van der Waals surface area contributed by atoms with Crippen molar-refractivity contribution in [2.75, 3.05) is 26.2 Å². The molecule has 0 spiro atoms. The summed E-state index contributed by atoms with van der Waals surface area (Å²) in [6.07, 6.45) is 0. The molecule has 5 nitrogen and oxygen atoms in total. The minimum absolute atomic E-state index is 0.00621. The predicted octanol–water partition coefficient (Wildman–Crippen LogP) is 8.23. The molecule has 0 saturated heterocycles. The minimum atomic E-state index is -0.917. The van der Waals surface area contributed by atoms with E-state index in [0.29, 0.717) is 29.0 Å². The lowest BCUT2D eigenvalue weighted by atomic mass is 9.99. The average molecular weight is 654 g/mol. The Labute approximate surface area is 279 Å². The predicted molar refractivity (Wildman–Crippen MR) is 189 cm³/mol. The Kier molecular flexibility index (Phi) is 11.3. The quantitative estimate of drug-likeness (QED) is 0.120. The highest BCUT2D eigenvalue weighted by Gasteiger charge is 2.20. The van der Waals surface area contributed by atoms with E-state index < -0.39 is 11.6 Å². The van der Waals surface area contributed by atoms with Gasteiger partial charge in [-0.1, -0.05) is 80.6 Å². The van der Waals surface area contributed by atoms with Crippen molar-refractivity contribution in [1.29, 1.82) is 0 Å². The number of carbonyl (C=O) groups is 1. The summed E-state index contributed by atoms with van der Waals surface area (Å²) in [5.41, 5.74) is 6.42. The normalized spacial score (nSPS) is 11.4. The van der Waals surface area contributed by atoms with Crippen LogP contribution in [0.4, 0.5) is 8.78 Å². The molecule has 0 fully saturated rings. The minimum Gasteiger partial charge on any atom is -0.336 e. The number of pyridine rings is 1. The molecule has 5 aromatic rings. The topological polar surface area (TPSA) is 45.5 Å². The molecule has 0 aliphatic carbocycles. The molecule has 0 bridgehead atoms. The summed E-state index contributed by atoms with van der Waals surface area (Å²) < 4.78 is 30.3. The highest BCUT2D eigenvalue weighted by Crippen LogP contribution is 2.28. The fraction of sp³-hybridized carbons (Fsp3) is 0.282. The Morgan fingerprint density at radius 1 is 0.809 bits per heavy atom. The van der Waals surface area contributed by atoms with E-state index >= 15 is 0 Å². The van der Waals surface area contributed by atoms with Gasteiger partial charge in [0.15, 0.2) is 17.1 Å². The van der Waals surface area contributed by atoms with E-state index in [0.717, 1.165) is 42.4 Å². The maximum absolute atomic E-state index is 14.5. The van der Waals surface area contributed by atoms with Gasteiger partial charge in [0.05, 0.1) is 10.5 Å². The zero-order valence-electron chi connectivity index (χ0n) is 27.4. The third-order valence-electron chi connectivity index (χ3n) is 8.78. The first-order valence-electron chi connectivity index (χ1n) is 16.0. The summed E-state index contributed by atoms with van der Waals surface area (Å²) in [6, 6.07) is 27.6. The Morgan fingerprint density at radius 3 is 2.26 bits per heavy atom. The molecule has 1 amide bonds. The van der Waals surface area contributed by atoms with E-state index in [4.69, 9.17) is 0 Å². The van der Waals surface area contributed by atoms with Gasteiger partial charge in [-0.15, -0.1) is 11.8 Å². The number of hydrogen-bond acceptors (Lipinski definition) is 4. The maximum atomic E-state index is 14.5. The molecule has 8 heteroatoms.